The van der Waals surface area contributed by atoms with Crippen LogP contribution in [0.25, 0.3) is 0 Å². The monoisotopic (exact) mass is 275 g/mol. The van der Waals surface area contributed by atoms with Crippen molar-refractivity contribution < 1.29 is 4.39 Å². The summed E-state index contributed by atoms with van der Waals surface area (Å²) in [5.41, 5.74) is 6.90. The second-order valence-electron chi connectivity index (χ2n) is 5.21. The van der Waals surface area contributed by atoms with Gasteiger partial charge in [0, 0.05) is 25.6 Å². The topological polar surface area (TPSA) is 70.8 Å². The molecular formula is C14H18FN5. The zero-order chi connectivity index (χ0) is 13.9. The second kappa shape index (κ2) is 5.58. The highest BCUT2D eigenvalue weighted by atomic mass is 19.1. The zero-order valence-corrected chi connectivity index (χ0v) is 11.2. The molecule has 0 spiro atoms. The number of nitrogens with zero attached hydrogens (tertiary/aromatic N) is 3. The number of nitrogens with one attached hydrogen (secondary N) is 1. The minimum absolute atomic E-state index is 0.225. The maximum Gasteiger partial charge on any atom is 0.244 e. The number of benzene rings is 1. The highest BCUT2D eigenvalue weighted by molar-refractivity contribution is 5.30. The van der Waals surface area contributed by atoms with Crippen LogP contribution < -0.4 is 10.6 Å². The van der Waals surface area contributed by atoms with Gasteiger partial charge in [0.2, 0.25) is 5.95 Å². The van der Waals surface area contributed by atoms with Crippen LogP contribution in [0.4, 0.5) is 10.3 Å². The van der Waals surface area contributed by atoms with Gasteiger partial charge in [0.05, 0.1) is 0 Å². The Morgan fingerprint density at radius 1 is 1.25 bits per heavy atom. The fraction of sp³-hybridized carbons (Fsp3) is 0.429. The number of halogens is 1. The van der Waals surface area contributed by atoms with E-state index >= 15 is 0 Å². The van der Waals surface area contributed by atoms with Crippen LogP contribution in [0.2, 0.25) is 0 Å². The molecule has 6 heteroatoms. The van der Waals surface area contributed by atoms with Gasteiger partial charge in [-0.25, -0.2) is 4.39 Å². The van der Waals surface area contributed by atoms with E-state index in [1.54, 1.807) is 12.1 Å². The van der Waals surface area contributed by atoms with Crippen molar-refractivity contribution in [3.8, 4) is 0 Å². The van der Waals surface area contributed by atoms with E-state index in [-0.39, 0.29) is 5.82 Å². The van der Waals surface area contributed by atoms with E-state index in [1.807, 2.05) is 0 Å². The molecule has 1 aliphatic heterocycles. The standard InChI is InChI=1S/C14H18FN5/c15-11-3-1-10(2-4-11)9-13-17-14(19-18-13)20-7-5-12(16)6-8-20/h1-4,12H,5-9,16H2,(H,17,18,19). The molecule has 1 aliphatic rings. The van der Waals surface area contributed by atoms with Gasteiger partial charge in [-0.1, -0.05) is 12.1 Å². The predicted molar refractivity (Wildman–Crippen MR) is 75.0 cm³/mol. The Bertz CT molecular complexity index is 557. The molecule has 0 saturated carbocycles. The van der Waals surface area contributed by atoms with Crippen LogP contribution in [0.15, 0.2) is 24.3 Å². The van der Waals surface area contributed by atoms with Crippen molar-refractivity contribution in [3.63, 3.8) is 0 Å². The average molecular weight is 275 g/mol. The molecule has 0 atom stereocenters. The van der Waals surface area contributed by atoms with Crippen LogP contribution in [0.5, 0.6) is 0 Å². The fourth-order valence-corrected chi connectivity index (χ4v) is 2.40. The maximum absolute atomic E-state index is 12.9. The van der Waals surface area contributed by atoms with Gasteiger partial charge in [-0.3, -0.25) is 5.10 Å². The summed E-state index contributed by atoms with van der Waals surface area (Å²) >= 11 is 0. The Labute approximate surface area is 117 Å². The Kier molecular flexibility index (Phi) is 3.64. The second-order valence-corrected chi connectivity index (χ2v) is 5.21. The zero-order valence-electron chi connectivity index (χ0n) is 11.2. The molecule has 0 amide bonds. The van der Waals surface area contributed by atoms with Gasteiger partial charge in [-0.15, -0.1) is 5.10 Å². The van der Waals surface area contributed by atoms with Crippen molar-refractivity contribution in [1.29, 1.82) is 0 Å². The van der Waals surface area contributed by atoms with Crippen molar-refractivity contribution in [2.24, 2.45) is 5.73 Å². The lowest BCUT2D eigenvalue weighted by atomic mass is 10.1. The van der Waals surface area contributed by atoms with Crippen molar-refractivity contribution in [3.05, 3.63) is 41.5 Å². The van der Waals surface area contributed by atoms with Crippen LogP contribution in [0.3, 0.4) is 0 Å². The number of nitrogens with two attached hydrogens (primary N) is 1. The molecular weight excluding hydrogens is 257 g/mol. The first-order valence-electron chi connectivity index (χ1n) is 6.87. The lowest BCUT2D eigenvalue weighted by Gasteiger charge is -2.28. The highest BCUT2D eigenvalue weighted by Gasteiger charge is 2.19. The van der Waals surface area contributed by atoms with Gasteiger partial charge in [0.25, 0.3) is 0 Å². The number of aromatic amines is 1. The van der Waals surface area contributed by atoms with Crippen LogP contribution >= 0.6 is 0 Å². The summed E-state index contributed by atoms with van der Waals surface area (Å²) in [6.45, 7) is 1.80. The predicted octanol–water partition coefficient (Wildman–Crippen LogP) is 1.46. The molecule has 2 heterocycles. The van der Waals surface area contributed by atoms with E-state index in [0.29, 0.717) is 12.5 Å². The number of hydrogen-bond acceptors (Lipinski definition) is 4. The average Bonchev–Trinajstić information content (AvgIpc) is 2.91. The summed E-state index contributed by atoms with van der Waals surface area (Å²) in [5, 5.41) is 7.20. The van der Waals surface area contributed by atoms with Gasteiger partial charge in [-0.2, -0.15) is 4.98 Å². The molecule has 0 radical (unpaired) electrons. The molecule has 3 N–H and O–H groups in total. The summed E-state index contributed by atoms with van der Waals surface area (Å²) in [7, 11) is 0. The van der Waals surface area contributed by atoms with E-state index in [2.05, 4.69) is 20.1 Å². The number of rotatable bonds is 3. The van der Waals surface area contributed by atoms with Gasteiger partial charge < -0.3 is 10.6 Å². The molecule has 0 bridgehead atoms. The Morgan fingerprint density at radius 3 is 2.65 bits per heavy atom. The van der Waals surface area contributed by atoms with Gasteiger partial charge in [0.15, 0.2) is 0 Å². The van der Waals surface area contributed by atoms with E-state index in [9.17, 15) is 4.39 Å². The number of aromatic nitrogens is 3. The minimum Gasteiger partial charge on any atom is -0.339 e. The fourth-order valence-electron chi connectivity index (χ4n) is 2.40. The maximum atomic E-state index is 12.9. The summed E-state index contributed by atoms with van der Waals surface area (Å²) in [4.78, 5) is 6.65. The van der Waals surface area contributed by atoms with Crippen LogP contribution in [-0.4, -0.2) is 34.3 Å². The lowest BCUT2D eigenvalue weighted by molar-refractivity contribution is 0.496. The highest BCUT2D eigenvalue weighted by Crippen LogP contribution is 2.16. The molecule has 0 aliphatic carbocycles. The Morgan fingerprint density at radius 2 is 1.95 bits per heavy atom. The van der Waals surface area contributed by atoms with Crippen molar-refractivity contribution in [2.75, 3.05) is 18.0 Å². The summed E-state index contributed by atoms with van der Waals surface area (Å²) in [5.74, 6) is 1.30. The molecule has 0 unspecified atom stereocenters. The van der Waals surface area contributed by atoms with Crippen molar-refractivity contribution >= 4 is 5.95 Å². The molecule has 1 fully saturated rings. The SMILES string of the molecule is NC1CCN(c2n[nH]c(Cc3ccc(F)cc3)n2)CC1. The van der Waals surface area contributed by atoms with Crippen LogP contribution in [-0.2, 0) is 6.42 Å². The van der Waals surface area contributed by atoms with E-state index in [4.69, 9.17) is 5.73 Å². The normalized spacial score (nSPS) is 16.6. The number of piperidine rings is 1. The lowest BCUT2D eigenvalue weighted by Crippen LogP contribution is -2.40. The first kappa shape index (κ1) is 13.1. The third-order valence-electron chi connectivity index (χ3n) is 3.63. The Balaban J connectivity index is 1.66. The molecule has 1 aromatic heterocycles. The largest absolute Gasteiger partial charge is 0.339 e. The molecule has 1 aromatic carbocycles. The third-order valence-corrected chi connectivity index (χ3v) is 3.63. The van der Waals surface area contributed by atoms with E-state index in [0.717, 1.165) is 43.3 Å². The summed E-state index contributed by atoms with van der Waals surface area (Å²) < 4.78 is 12.9. The molecule has 20 heavy (non-hydrogen) atoms. The van der Waals surface area contributed by atoms with E-state index < -0.39 is 0 Å². The van der Waals surface area contributed by atoms with Gasteiger partial charge >= 0.3 is 0 Å². The Hall–Kier alpha value is -1.95. The first-order chi connectivity index (χ1) is 9.70. The summed E-state index contributed by atoms with van der Waals surface area (Å²) in [6.07, 6.45) is 2.57. The smallest absolute Gasteiger partial charge is 0.244 e. The minimum atomic E-state index is -0.225. The molecule has 3 rings (SSSR count). The van der Waals surface area contributed by atoms with Crippen molar-refractivity contribution in [1.82, 2.24) is 15.2 Å². The molecule has 106 valence electrons. The number of H-pyrrole nitrogens is 1. The van der Waals surface area contributed by atoms with Gasteiger partial charge in [0.1, 0.15) is 11.6 Å². The third kappa shape index (κ3) is 2.96. The number of anilines is 1. The van der Waals surface area contributed by atoms with Crippen LogP contribution in [0, 0.1) is 5.82 Å². The number of hydrogen-bond donors (Lipinski definition) is 2. The van der Waals surface area contributed by atoms with Gasteiger partial charge in [-0.05, 0) is 30.5 Å². The molecule has 1 saturated heterocycles. The quantitative estimate of drug-likeness (QED) is 0.889. The van der Waals surface area contributed by atoms with Crippen LogP contribution in [0.1, 0.15) is 24.2 Å². The van der Waals surface area contributed by atoms with E-state index in [1.165, 1.54) is 12.1 Å². The molecule has 5 nitrogen and oxygen atoms in total. The summed E-state index contributed by atoms with van der Waals surface area (Å²) in [6, 6.07) is 6.73. The molecule has 2 aromatic rings. The van der Waals surface area contributed by atoms with Crippen molar-refractivity contribution in [2.45, 2.75) is 25.3 Å². The first-order valence-corrected chi connectivity index (χ1v) is 6.87.